The van der Waals surface area contributed by atoms with Gasteiger partial charge in [-0.15, -0.1) is 0 Å². The Morgan fingerprint density at radius 2 is 0.797 bits per heavy atom. The van der Waals surface area contributed by atoms with Gasteiger partial charge in [-0.1, -0.05) is 200 Å². The molecule has 2 heteroatoms. The Labute approximate surface area is 373 Å². The molecule has 0 amide bonds. The van der Waals surface area contributed by atoms with Crippen LogP contribution in [0.2, 0.25) is 0 Å². The van der Waals surface area contributed by atoms with Crippen molar-refractivity contribution in [2.24, 2.45) is 0 Å². The largest absolute Gasteiger partial charge is 0.310 e. The topological polar surface area (TPSA) is 8.17 Å². The van der Waals surface area contributed by atoms with Crippen molar-refractivity contribution < 1.29 is 0 Å². The fraction of sp³-hybridized carbons (Fsp3) is 0. The maximum Gasteiger partial charge on any atom is 0.0619 e. The highest BCUT2D eigenvalue weighted by Gasteiger charge is 2.19. The third-order valence-electron chi connectivity index (χ3n) is 12.8. The molecule has 1 aromatic heterocycles. The van der Waals surface area contributed by atoms with Crippen LogP contribution in [0.25, 0.3) is 93.5 Å². The molecule has 12 rings (SSSR count). The summed E-state index contributed by atoms with van der Waals surface area (Å²) in [5.74, 6) is 0. The van der Waals surface area contributed by atoms with E-state index in [2.05, 4.69) is 264 Å². The van der Waals surface area contributed by atoms with Crippen LogP contribution in [0.3, 0.4) is 0 Å². The second kappa shape index (κ2) is 15.8. The molecule has 64 heavy (non-hydrogen) atoms. The summed E-state index contributed by atoms with van der Waals surface area (Å²) in [6.45, 7) is 0. The van der Waals surface area contributed by atoms with E-state index in [9.17, 15) is 0 Å². The summed E-state index contributed by atoms with van der Waals surface area (Å²) in [5.41, 5.74) is 16.4. The molecule has 0 aliphatic rings. The Hall–Kier alpha value is -8.46. The molecule has 11 aromatic carbocycles. The van der Waals surface area contributed by atoms with Crippen LogP contribution in [-0.2, 0) is 0 Å². The van der Waals surface area contributed by atoms with E-state index in [1.807, 2.05) is 0 Å². The highest BCUT2D eigenvalue weighted by Crippen LogP contribution is 2.43. The van der Waals surface area contributed by atoms with E-state index in [1.54, 1.807) is 0 Å². The molecule has 0 atom stereocenters. The van der Waals surface area contributed by atoms with Crippen molar-refractivity contribution in [3.05, 3.63) is 255 Å². The summed E-state index contributed by atoms with van der Waals surface area (Å²) in [4.78, 5) is 2.39. The van der Waals surface area contributed by atoms with Crippen LogP contribution >= 0.6 is 0 Å². The van der Waals surface area contributed by atoms with Gasteiger partial charge in [0, 0.05) is 38.9 Å². The zero-order valence-corrected chi connectivity index (χ0v) is 35.1. The van der Waals surface area contributed by atoms with Crippen molar-refractivity contribution in [3.63, 3.8) is 0 Å². The third kappa shape index (κ3) is 6.52. The van der Waals surface area contributed by atoms with Gasteiger partial charge in [0.05, 0.1) is 11.0 Å². The van der Waals surface area contributed by atoms with Gasteiger partial charge in [-0.25, -0.2) is 0 Å². The summed E-state index contributed by atoms with van der Waals surface area (Å²) in [6.07, 6.45) is 0. The molecular weight excluding hydrogens is 773 g/mol. The molecule has 0 saturated heterocycles. The zero-order valence-electron chi connectivity index (χ0n) is 35.1. The normalized spacial score (nSPS) is 11.4. The SMILES string of the molecule is c1ccc(-c2ccc(N(c3ccc(-c4cccc(-n5c6ccccc6c6ccc7ccccc7c65)c4)cc3)c3ccc(-c4cccc5ccccc45)cc3)cc2-c2ccccc2)cc1. The summed E-state index contributed by atoms with van der Waals surface area (Å²) in [6, 6.07) is 92.6. The molecule has 0 spiro atoms. The minimum Gasteiger partial charge on any atom is -0.310 e. The number of nitrogens with zero attached hydrogens (tertiary/aromatic N) is 2. The van der Waals surface area contributed by atoms with Gasteiger partial charge in [-0.2, -0.15) is 0 Å². The van der Waals surface area contributed by atoms with Crippen molar-refractivity contribution in [2.45, 2.75) is 0 Å². The number of fused-ring (bicyclic) bond motifs is 6. The molecule has 0 bridgehead atoms. The lowest BCUT2D eigenvalue weighted by molar-refractivity contribution is 1.19. The van der Waals surface area contributed by atoms with Crippen LogP contribution < -0.4 is 4.90 Å². The molecule has 0 N–H and O–H groups in total. The first kappa shape index (κ1) is 37.3. The van der Waals surface area contributed by atoms with Crippen LogP contribution in [0.4, 0.5) is 17.1 Å². The Bertz CT molecular complexity index is 3640. The number of benzene rings is 11. The van der Waals surface area contributed by atoms with Crippen molar-refractivity contribution in [1.29, 1.82) is 0 Å². The minimum atomic E-state index is 1.08. The van der Waals surface area contributed by atoms with E-state index >= 15 is 0 Å². The molecule has 0 aliphatic heterocycles. The number of aromatic nitrogens is 1. The van der Waals surface area contributed by atoms with E-state index in [4.69, 9.17) is 0 Å². The van der Waals surface area contributed by atoms with E-state index in [-0.39, 0.29) is 0 Å². The fourth-order valence-corrected chi connectivity index (χ4v) is 9.74. The average molecular weight is 815 g/mol. The summed E-state index contributed by atoms with van der Waals surface area (Å²) < 4.78 is 2.44. The van der Waals surface area contributed by atoms with Crippen molar-refractivity contribution in [1.82, 2.24) is 4.57 Å². The number of rotatable bonds is 8. The van der Waals surface area contributed by atoms with Crippen molar-refractivity contribution in [2.75, 3.05) is 4.90 Å². The molecular formula is C62H42N2. The van der Waals surface area contributed by atoms with Gasteiger partial charge in [-0.3, -0.25) is 0 Å². The molecule has 300 valence electrons. The summed E-state index contributed by atoms with van der Waals surface area (Å²) in [7, 11) is 0. The van der Waals surface area contributed by atoms with E-state index in [0.29, 0.717) is 0 Å². The molecule has 12 aromatic rings. The fourth-order valence-electron chi connectivity index (χ4n) is 9.74. The number of hydrogen-bond acceptors (Lipinski definition) is 1. The lowest BCUT2D eigenvalue weighted by Gasteiger charge is -2.27. The Balaban J connectivity index is 0.979. The first-order chi connectivity index (χ1) is 31.7. The number of para-hydroxylation sites is 1. The first-order valence-electron chi connectivity index (χ1n) is 22.0. The minimum absolute atomic E-state index is 1.08. The second-order valence-corrected chi connectivity index (χ2v) is 16.5. The van der Waals surface area contributed by atoms with Gasteiger partial charge in [0.1, 0.15) is 0 Å². The zero-order chi connectivity index (χ0) is 42.4. The molecule has 2 nitrogen and oxygen atoms in total. The predicted octanol–water partition coefficient (Wildman–Crippen LogP) is 17.2. The molecule has 1 heterocycles. The quantitative estimate of drug-likeness (QED) is 0.148. The Morgan fingerprint density at radius 3 is 1.53 bits per heavy atom. The van der Waals surface area contributed by atoms with Crippen LogP contribution in [0.15, 0.2) is 255 Å². The lowest BCUT2D eigenvalue weighted by atomic mass is 9.93. The van der Waals surface area contributed by atoms with Crippen molar-refractivity contribution in [3.8, 4) is 50.2 Å². The van der Waals surface area contributed by atoms with Gasteiger partial charge in [0.25, 0.3) is 0 Å². The monoisotopic (exact) mass is 814 g/mol. The Kier molecular flexibility index (Phi) is 9.20. The van der Waals surface area contributed by atoms with E-state index < -0.39 is 0 Å². The number of hydrogen-bond donors (Lipinski definition) is 0. The van der Waals surface area contributed by atoms with Crippen LogP contribution in [0, 0.1) is 0 Å². The third-order valence-corrected chi connectivity index (χ3v) is 12.8. The van der Waals surface area contributed by atoms with Crippen LogP contribution in [-0.4, -0.2) is 4.57 Å². The average Bonchev–Trinajstić information content (AvgIpc) is 3.72. The Morgan fingerprint density at radius 1 is 0.266 bits per heavy atom. The van der Waals surface area contributed by atoms with Gasteiger partial charge in [0.15, 0.2) is 0 Å². The maximum absolute atomic E-state index is 2.44. The second-order valence-electron chi connectivity index (χ2n) is 16.5. The summed E-state index contributed by atoms with van der Waals surface area (Å²) >= 11 is 0. The summed E-state index contributed by atoms with van der Waals surface area (Å²) in [5, 5.41) is 7.51. The highest BCUT2D eigenvalue weighted by atomic mass is 15.1. The lowest BCUT2D eigenvalue weighted by Crippen LogP contribution is -2.10. The van der Waals surface area contributed by atoms with Crippen molar-refractivity contribution >= 4 is 60.4 Å². The van der Waals surface area contributed by atoms with Gasteiger partial charge in [-0.05, 0) is 115 Å². The molecule has 0 radical (unpaired) electrons. The maximum atomic E-state index is 2.44. The van der Waals surface area contributed by atoms with Crippen LogP contribution in [0.5, 0.6) is 0 Å². The van der Waals surface area contributed by atoms with Gasteiger partial charge < -0.3 is 9.47 Å². The van der Waals surface area contributed by atoms with E-state index in [1.165, 1.54) is 82.3 Å². The first-order valence-corrected chi connectivity index (χ1v) is 22.0. The standard InChI is InChI=1S/C62H42N2/c1-3-15-44(16-4-1)56-40-38-53(42-60(56)46-17-5-2-6-18-46)63(51-36-31-48(32-37-51)55-27-14-21-45-19-7-9-24-54(45)55)50-34-29-43(30-35-50)49-22-13-23-52(41-49)64-61-28-12-11-26-58(61)59-39-33-47-20-8-10-25-57(47)62(59)64/h1-42H. The van der Waals surface area contributed by atoms with E-state index in [0.717, 1.165) is 28.3 Å². The molecule has 0 aliphatic carbocycles. The smallest absolute Gasteiger partial charge is 0.0619 e. The molecule has 0 fully saturated rings. The molecule has 0 saturated carbocycles. The van der Waals surface area contributed by atoms with Gasteiger partial charge >= 0.3 is 0 Å². The van der Waals surface area contributed by atoms with Crippen LogP contribution in [0.1, 0.15) is 0 Å². The predicted molar refractivity (Wildman–Crippen MR) is 272 cm³/mol. The number of anilines is 3. The molecule has 0 unspecified atom stereocenters. The van der Waals surface area contributed by atoms with Gasteiger partial charge in [0.2, 0.25) is 0 Å². The highest BCUT2D eigenvalue weighted by molar-refractivity contribution is 6.18.